The molecule has 0 amide bonds. The Bertz CT molecular complexity index is 976. The number of para-hydroxylation sites is 1. The van der Waals surface area contributed by atoms with Crippen LogP contribution in [0.4, 0.5) is 4.39 Å². The molecule has 3 rings (SSSR count). The average Bonchev–Trinajstić information content (AvgIpc) is 3.17. The van der Waals surface area contributed by atoms with Crippen LogP contribution in [0.2, 0.25) is 0 Å². The van der Waals surface area contributed by atoms with Crippen LogP contribution in [0.1, 0.15) is 41.8 Å². The summed E-state index contributed by atoms with van der Waals surface area (Å²) in [7, 11) is 1.57. The zero-order valence-electron chi connectivity index (χ0n) is 15.6. The zero-order chi connectivity index (χ0) is 20.1. The van der Waals surface area contributed by atoms with Crippen LogP contribution >= 0.6 is 11.8 Å². The first-order valence-electron chi connectivity index (χ1n) is 8.53. The van der Waals surface area contributed by atoms with Gasteiger partial charge < -0.3 is 13.9 Å². The molecule has 0 radical (unpaired) electrons. The van der Waals surface area contributed by atoms with E-state index in [1.165, 1.54) is 30.8 Å². The molecule has 0 spiro atoms. The number of nitrogens with zero attached hydrogens (tertiary/aromatic N) is 2. The van der Waals surface area contributed by atoms with Crippen molar-refractivity contribution in [3.8, 4) is 11.5 Å². The number of rotatable bonds is 8. The van der Waals surface area contributed by atoms with Crippen molar-refractivity contribution in [3.63, 3.8) is 0 Å². The predicted molar refractivity (Wildman–Crippen MR) is 102 cm³/mol. The number of ether oxygens (including phenoxy) is 2. The van der Waals surface area contributed by atoms with E-state index in [9.17, 15) is 9.18 Å². The maximum Gasteiger partial charge on any atom is 0.277 e. The van der Waals surface area contributed by atoms with E-state index in [1.807, 2.05) is 0 Å². The second kappa shape index (κ2) is 8.88. The number of aromatic nitrogens is 2. The molecular formula is C20H19FN2O4S. The Morgan fingerprint density at radius 2 is 2.00 bits per heavy atom. The molecule has 0 aliphatic rings. The van der Waals surface area contributed by atoms with Gasteiger partial charge in [-0.25, -0.2) is 4.39 Å². The molecule has 0 saturated carbocycles. The van der Waals surface area contributed by atoms with Crippen molar-refractivity contribution in [2.24, 2.45) is 0 Å². The largest absolute Gasteiger partial charge is 0.496 e. The monoisotopic (exact) mass is 402 g/mol. The molecular weight excluding hydrogens is 383 g/mol. The van der Waals surface area contributed by atoms with Crippen molar-refractivity contribution in [2.45, 2.75) is 30.9 Å². The van der Waals surface area contributed by atoms with Gasteiger partial charge in [0.1, 0.15) is 5.75 Å². The van der Waals surface area contributed by atoms with Crippen LogP contribution in [0.3, 0.4) is 0 Å². The van der Waals surface area contributed by atoms with Crippen LogP contribution < -0.4 is 9.47 Å². The quantitative estimate of drug-likeness (QED) is 0.394. The van der Waals surface area contributed by atoms with Gasteiger partial charge in [0.15, 0.2) is 23.5 Å². The highest BCUT2D eigenvalue weighted by Gasteiger charge is 2.18. The van der Waals surface area contributed by atoms with Crippen LogP contribution in [0.15, 0.2) is 52.1 Å². The second-order valence-corrected chi connectivity index (χ2v) is 6.89. The molecule has 1 heterocycles. The number of thioether (sulfide) groups is 1. The SMILES string of the molecule is COc1ccc(C(C)=O)cc1CSc1nnc(C(C)Oc2ccccc2F)o1. The molecule has 1 aromatic heterocycles. The van der Waals surface area contributed by atoms with Gasteiger partial charge in [0, 0.05) is 16.9 Å². The highest BCUT2D eigenvalue weighted by atomic mass is 32.2. The van der Waals surface area contributed by atoms with E-state index in [0.717, 1.165) is 5.56 Å². The molecule has 8 heteroatoms. The smallest absolute Gasteiger partial charge is 0.277 e. The normalized spacial score (nSPS) is 11.9. The Kier molecular flexibility index (Phi) is 6.30. The van der Waals surface area contributed by atoms with Crippen LogP contribution in [-0.2, 0) is 5.75 Å². The topological polar surface area (TPSA) is 74.5 Å². The number of methoxy groups -OCH3 is 1. The minimum atomic E-state index is -0.602. The standard InChI is InChI=1S/C20H19FN2O4S/c1-12(24)14-8-9-17(25-3)15(10-14)11-28-20-23-22-19(27-20)13(2)26-18-7-5-4-6-16(18)21/h4-10,13H,11H2,1-3H3. The molecule has 2 aromatic carbocycles. The minimum Gasteiger partial charge on any atom is -0.496 e. The van der Waals surface area contributed by atoms with Crippen molar-refractivity contribution >= 4 is 17.5 Å². The molecule has 0 saturated heterocycles. The Morgan fingerprint density at radius 3 is 2.71 bits per heavy atom. The number of Topliss-reactive ketones (excluding diaryl/α,β-unsaturated/α-hetero) is 1. The van der Waals surface area contributed by atoms with E-state index in [0.29, 0.717) is 22.3 Å². The highest BCUT2D eigenvalue weighted by molar-refractivity contribution is 7.98. The van der Waals surface area contributed by atoms with Crippen LogP contribution in [0.25, 0.3) is 0 Å². The number of halogens is 1. The summed E-state index contributed by atoms with van der Waals surface area (Å²) in [5.41, 5.74) is 1.45. The van der Waals surface area contributed by atoms with Crippen molar-refractivity contribution in [1.82, 2.24) is 10.2 Å². The summed E-state index contributed by atoms with van der Waals surface area (Å²) in [6, 6.07) is 11.4. The first-order valence-corrected chi connectivity index (χ1v) is 9.51. The van der Waals surface area contributed by atoms with Gasteiger partial charge in [-0.15, -0.1) is 10.2 Å². The zero-order valence-corrected chi connectivity index (χ0v) is 16.5. The third kappa shape index (κ3) is 4.69. The van der Waals surface area contributed by atoms with E-state index in [4.69, 9.17) is 13.9 Å². The Labute approximate surface area is 166 Å². The molecule has 1 atom stereocenters. The van der Waals surface area contributed by atoms with E-state index < -0.39 is 11.9 Å². The third-order valence-corrected chi connectivity index (χ3v) is 4.82. The van der Waals surface area contributed by atoms with Crippen molar-refractivity contribution in [2.75, 3.05) is 7.11 Å². The lowest BCUT2D eigenvalue weighted by molar-refractivity contribution is 0.101. The van der Waals surface area contributed by atoms with Crippen molar-refractivity contribution in [3.05, 3.63) is 65.3 Å². The van der Waals surface area contributed by atoms with Crippen molar-refractivity contribution in [1.29, 1.82) is 0 Å². The molecule has 3 aromatic rings. The van der Waals surface area contributed by atoms with E-state index in [1.54, 1.807) is 44.4 Å². The van der Waals surface area contributed by atoms with Crippen LogP contribution in [0.5, 0.6) is 11.5 Å². The second-order valence-electron chi connectivity index (χ2n) is 5.97. The van der Waals surface area contributed by atoms with Gasteiger partial charge in [-0.05, 0) is 44.2 Å². The predicted octanol–water partition coefficient (Wildman–Crippen LogP) is 4.85. The molecule has 28 heavy (non-hydrogen) atoms. The Balaban J connectivity index is 1.67. The summed E-state index contributed by atoms with van der Waals surface area (Å²) >= 11 is 1.31. The number of hydrogen-bond donors (Lipinski definition) is 0. The number of benzene rings is 2. The molecule has 6 nitrogen and oxygen atoms in total. The van der Waals surface area contributed by atoms with Gasteiger partial charge in [0.05, 0.1) is 7.11 Å². The summed E-state index contributed by atoms with van der Waals surface area (Å²) in [5, 5.41) is 8.31. The molecule has 146 valence electrons. The summed E-state index contributed by atoms with van der Waals surface area (Å²) < 4.78 is 30.2. The van der Waals surface area contributed by atoms with Crippen molar-refractivity contribution < 1.29 is 23.1 Å². The fourth-order valence-electron chi connectivity index (χ4n) is 2.47. The van der Waals surface area contributed by atoms with Gasteiger partial charge in [-0.1, -0.05) is 23.9 Å². The number of ketones is 1. The summed E-state index contributed by atoms with van der Waals surface area (Å²) in [5.74, 6) is 1.04. The Hall–Kier alpha value is -2.87. The van der Waals surface area contributed by atoms with Crippen LogP contribution in [0, 0.1) is 5.82 Å². The third-order valence-electron chi connectivity index (χ3n) is 3.95. The molecule has 0 N–H and O–H groups in total. The maximum atomic E-state index is 13.7. The molecule has 0 fully saturated rings. The van der Waals surface area contributed by atoms with E-state index in [-0.39, 0.29) is 17.4 Å². The van der Waals surface area contributed by atoms with Gasteiger partial charge in [0.2, 0.25) is 0 Å². The molecule has 0 aliphatic carbocycles. The number of carbonyl (C=O) groups is 1. The fraction of sp³-hybridized carbons (Fsp3) is 0.250. The van der Waals surface area contributed by atoms with E-state index >= 15 is 0 Å². The first kappa shape index (κ1) is 19.9. The molecule has 1 unspecified atom stereocenters. The van der Waals surface area contributed by atoms with Gasteiger partial charge in [-0.2, -0.15) is 0 Å². The fourth-order valence-corrected chi connectivity index (χ4v) is 3.22. The van der Waals surface area contributed by atoms with E-state index in [2.05, 4.69) is 10.2 Å². The minimum absolute atomic E-state index is 0.0203. The summed E-state index contributed by atoms with van der Waals surface area (Å²) in [4.78, 5) is 11.6. The van der Waals surface area contributed by atoms with Crippen LogP contribution in [-0.4, -0.2) is 23.1 Å². The van der Waals surface area contributed by atoms with Gasteiger partial charge in [-0.3, -0.25) is 4.79 Å². The average molecular weight is 402 g/mol. The lowest BCUT2D eigenvalue weighted by Gasteiger charge is -2.11. The molecule has 0 aliphatic heterocycles. The summed E-state index contributed by atoms with van der Waals surface area (Å²) in [6.07, 6.45) is -0.602. The highest BCUT2D eigenvalue weighted by Crippen LogP contribution is 2.30. The summed E-state index contributed by atoms with van der Waals surface area (Å²) in [6.45, 7) is 3.22. The molecule has 0 bridgehead atoms. The maximum absolute atomic E-state index is 13.7. The lowest BCUT2D eigenvalue weighted by atomic mass is 10.1. The Morgan fingerprint density at radius 1 is 1.21 bits per heavy atom. The number of hydrogen-bond acceptors (Lipinski definition) is 7. The number of carbonyl (C=O) groups excluding carboxylic acids is 1. The lowest BCUT2D eigenvalue weighted by Crippen LogP contribution is -2.04. The van der Waals surface area contributed by atoms with Gasteiger partial charge in [0.25, 0.3) is 11.1 Å². The first-order chi connectivity index (χ1) is 13.5. The van der Waals surface area contributed by atoms with Gasteiger partial charge >= 0.3 is 0 Å².